The number of amides is 1. The van der Waals surface area contributed by atoms with E-state index in [1.165, 1.54) is 17.7 Å². The third-order valence-corrected chi connectivity index (χ3v) is 4.81. The van der Waals surface area contributed by atoms with Gasteiger partial charge in [-0.1, -0.05) is 11.6 Å². The standard InChI is InChI=1S/C20H26ClN3O3/c1-13-9-18(24(19(25)26)20(2,3)4)22-23(13)11-15-10-16(21)7-8-17(15)27-12-14-5-6-14/h7-10,14H,5-6,11-12H2,1-4H3,(H,25,26). The molecular weight excluding hydrogens is 366 g/mol. The summed E-state index contributed by atoms with van der Waals surface area (Å²) >= 11 is 6.18. The van der Waals surface area contributed by atoms with Gasteiger partial charge in [0.05, 0.1) is 13.2 Å². The van der Waals surface area contributed by atoms with E-state index in [1.54, 1.807) is 10.7 Å². The first kappa shape index (κ1) is 19.5. The summed E-state index contributed by atoms with van der Waals surface area (Å²) in [6.07, 6.45) is 1.42. The normalized spacial score (nSPS) is 14.3. The lowest BCUT2D eigenvalue weighted by atomic mass is 10.1. The second kappa shape index (κ2) is 7.43. The Bertz CT molecular complexity index is 837. The number of aryl methyl sites for hydroxylation is 1. The summed E-state index contributed by atoms with van der Waals surface area (Å²) in [4.78, 5) is 13.0. The van der Waals surface area contributed by atoms with Crippen LogP contribution in [0.3, 0.4) is 0 Å². The lowest BCUT2D eigenvalue weighted by molar-refractivity contribution is 0.195. The summed E-state index contributed by atoms with van der Waals surface area (Å²) < 4.78 is 7.75. The smallest absolute Gasteiger partial charge is 0.413 e. The lowest BCUT2D eigenvalue weighted by Gasteiger charge is -2.31. The number of ether oxygens (including phenoxy) is 1. The predicted octanol–water partition coefficient (Wildman–Crippen LogP) is 4.96. The van der Waals surface area contributed by atoms with Crippen LogP contribution in [0.25, 0.3) is 0 Å². The van der Waals surface area contributed by atoms with Crippen molar-refractivity contribution in [1.82, 2.24) is 9.78 Å². The lowest BCUT2D eigenvalue weighted by Crippen LogP contribution is -2.45. The molecule has 0 aliphatic heterocycles. The van der Waals surface area contributed by atoms with Crippen molar-refractivity contribution >= 4 is 23.5 Å². The molecule has 7 heteroatoms. The Morgan fingerprint density at radius 1 is 1.37 bits per heavy atom. The zero-order valence-electron chi connectivity index (χ0n) is 16.2. The van der Waals surface area contributed by atoms with Crippen LogP contribution in [-0.4, -0.2) is 33.1 Å². The average molecular weight is 392 g/mol. The molecule has 1 saturated carbocycles. The van der Waals surface area contributed by atoms with E-state index in [4.69, 9.17) is 16.3 Å². The van der Waals surface area contributed by atoms with E-state index < -0.39 is 11.6 Å². The number of hydrogen-bond acceptors (Lipinski definition) is 3. The molecule has 0 unspecified atom stereocenters. The zero-order chi connectivity index (χ0) is 19.8. The molecule has 1 aromatic carbocycles. The summed E-state index contributed by atoms with van der Waals surface area (Å²) in [7, 11) is 0. The van der Waals surface area contributed by atoms with E-state index in [1.807, 2.05) is 45.9 Å². The van der Waals surface area contributed by atoms with Gasteiger partial charge >= 0.3 is 6.09 Å². The van der Waals surface area contributed by atoms with Crippen molar-refractivity contribution in [3.05, 3.63) is 40.5 Å². The quantitative estimate of drug-likeness (QED) is 0.755. The fraction of sp³-hybridized carbons (Fsp3) is 0.500. The first-order valence-electron chi connectivity index (χ1n) is 9.14. The van der Waals surface area contributed by atoms with E-state index in [-0.39, 0.29) is 0 Å². The predicted molar refractivity (Wildman–Crippen MR) is 106 cm³/mol. The fourth-order valence-corrected chi connectivity index (χ4v) is 3.15. The maximum atomic E-state index is 11.7. The van der Waals surface area contributed by atoms with Gasteiger partial charge in [0.15, 0.2) is 5.82 Å². The second-order valence-corrected chi connectivity index (χ2v) is 8.53. The van der Waals surface area contributed by atoms with Gasteiger partial charge in [-0.25, -0.2) is 4.79 Å². The number of anilines is 1. The molecule has 27 heavy (non-hydrogen) atoms. The molecule has 1 heterocycles. The summed E-state index contributed by atoms with van der Waals surface area (Å²) in [6.45, 7) is 8.62. The van der Waals surface area contributed by atoms with Crippen molar-refractivity contribution in [1.29, 1.82) is 0 Å². The van der Waals surface area contributed by atoms with E-state index >= 15 is 0 Å². The first-order valence-corrected chi connectivity index (χ1v) is 9.52. The van der Waals surface area contributed by atoms with Crippen LogP contribution in [0.2, 0.25) is 5.02 Å². The number of aromatic nitrogens is 2. The molecule has 146 valence electrons. The summed E-state index contributed by atoms with van der Waals surface area (Å²) in [5.41, 5.74) is 1.21. The van der Waals surface area contributed by atoms with Crippen LogP contribution in [-0.2, 0) is 6.54 Å². The Kier molecular flexibility index (Phi) is 5.38. The maximum Gasteiger partial charge on any atom is 0.413 e. The van der Waals surface area contributed by atoms with Gasteiger partial charge in [0.1, 0.15) is 5.75 Å². The SMILES string of the molecule is Cc1cc(N(C(=O)O)C(C)(C)C)nn1Cc1cc(Cl)ccc1OCC1CC1. The van der Waals surface area contributed by atoms with Crippen LogP contribution < -0.4 is 9.64 Å². The molecule has 0 bridgehead atoms. The average Bonchev–Trinajstić information content (AvgIpc) is 3.30. The molecule has 0 atom stereocenters. The van der Waals surface area contributed by atoms with Gasteiger partial charge in [0.2, 0.25) is 0 Å². The van der Waals surface area contributed by atoms with Crippen molar-refractivity contribution in [2.24, 2.45) is 5.92 Å². The summed E-state index contributed by atoms with van der Waals surface area (Å²) in [6, 6.07) is 7.37. The monoisotopic (exact) mass is 391 g/mol. The molecule has 0 radical (unpaired) electrons. The number of carbonyl (C=O) groups is 1. The van der Waals surface area contributed by atoms with Crippen molar-refractivity contribution in [3.8, 4) is 5.75 Å². The molecule has 1 aliphatic rings. The highest BCUT2D eigenvalue weighted by Gasteiger charge is 2.30. The zero-order valence-corrected chi connectivity index (χ0v) is 17.0. The van der Waals surface area contributed by atoms with Gasteiger partial charge in [-0.15, -0.1) is 0 Å². The van der Waals surface area contributed by atoms with Crippen molar-refractivity contribution in [3.63, 3.8) is 0 Å². The molecule has 1 aromatic heterocycles. The van der Waals surface area contributed by atoms with Gasteiger partial charge in [0, 0.05) is 27.9 Å². The van der Waals surface area contributed by atoms with Gasteiger partial charge in [-0.3, -0.25) is 9.58 Å². The molecule has 0 saturated heterocycles. The number of hydrogen-bond donors (Lipinski definition) is 1. The van der Waals surface area contributed by atoms with Crippen LogP contribution in [0.1, 0.15) is 44.9 Å². The summed E-state index contributed by atoms with van der Waals surface area (Å²) in [5.74, 6) is 1.87. The Morgan fingerprint density at radius 2 is 2.07 bits per heavy atom. The highest BCUT2D eigenvalue weighted by Crippen LogP contribution is 2.32. The molecule has 1 amide bonds. The molecule has 1 aliphatic carbocycles. The van der Waals surface area contributed by atoms with Crippen LogP contribution >= 0.6 is 11.6 Å². The van der Waals surface area contributed by atoms with Crippen LogP contribution in [0.5, 0.6) is 5.75 Å². The Balaban J connectivity index is 1.86. The van der Waals surface area contributed by atoms with Crippen molar-refractivity contribution in [2.45, 2.75) is 52.6 Å². The minimum atomic E-state index is -1.02. The van der Waals surface area contributed by atoms with Gasteiger partial charge in [0.25, 0.3) is 0 Å². The Labute approximate surface area is 164 Å². The van der Waals surface area contributed by atoms with Gasteiger partial charge in [-0.05, 0) is 64.7 Å². The van der Waals surface area contributed by atoms with Crippen LogP contribution in [0, 0.1) is 12.8 Å². The van der Waals surface area contributed by atoms with E-state index in [2.05, 4.69) is 5.10 Å². The Morgan fingerprint density at radius 3 is 2.67 bits per heavy atom. The van der Waals surface area contributed by atoms with Crippen molar-refractivity contribution in [2.75, 3.05) is 11.5 Å². The topological polar surface area (TPSA) is 67.6 Å². The third-order valence-electron chi connectivity index (χ3n) is 4.57. The fourth-order valence-electron chi connectivity index (χ4n) is 2.96. The first-order chi connectivity index (χ1) is 12.6. The number of carboxylic acid groups (broad SMARTS) is 1. The number of rotatable bonds is 6. The number of nitrogens with zero attached hydrogens (tertiary/aromatic N) is 3. The summed E-state index contributed by atoms with van der Waals surface area (Å²) in [5, 5.41) is 14.8. The second-order valence-electron chi connectivity index (χ2n) is 8.10. The molecule has 1 fully saturated rings. The molecule has 6 nitrogen and oxygen atoms in total. The maximum absolute atomic E-state index is 11.7. The van der Waals surface area contributed by atoms with E-state index in [9.17, 15) is 9.90 Å². The molecule has 2 aromatic rings. The third kappa shape index (κ3) is 4.75. The molecule has 3 rings (SSSR count). The Hall–Kier alpha value is -2.21. The highest BCUT2D eigenvalue weighted by molar-refractivity contribution is 6.30. The van der Waals surface area contributed by atoms with E-state index in [0.717, 1.165) is 23.6 Å². The molecule has 1 N–H and O–H groups in total. The van der Waals surface area contributed by atoms with Gasteiger partial charge in [-0.2, -0.15) is 5.10 Å². The van der Waals surface area contributed by atoms with Crippen molar-refractivity contribution < 1.29 is 14.6 Å². The number of benzene rings is 1. The van der Waals surface area contributed by atoms with Gasteiger partial charge < -0.3 is 9.84 Å². The minimum absolute atomic E-state index is 0.412. The highest BCUT2D eigenvalue weighted by atomic mass is 35.5. The minimum Gasteiger partial charge on any atom is -0.493 e. The van der Waals surface area contributed by atoms with Crippen LogP contribution in [0.4, 0.5) is 10.6 Å². The largest absolute Gasteiger partial charge is 0.493 e. The molecule has 0 spiro atoms. The molecular formula is C20H26ClN3O3. The van der Waals surface area contributed by atoms with Crippen LogP contribution in [0.15, 0.2) is 24.3 Å². The van der Waals surface area contributed by atoms with E-state index in [0.29, 0.717) is 23.3 Å². The number of halogens is 1.